The van der Waals surface area contributed by atoms with Crippen molar-refractivity contribution < 1.29 is 0 Å². The number of hydrogen-bond donors (Lipinski definition) is 1. The van der Waals surface area contributed by atoms with Crippen LogP contribution in [-0.4, -0.2) is 29.6 Å². The van der Waals surface area contributed by atoms with Gasteiger partial charge >= 0.3 is 0 Å². The fraction of sp³-hybridized carbons (Fsp3) is 0.667. The summed E-state index contributed by atoms with van der Waals surface area (Å²) in [5.74, 6) is 2.49. The second-order valence-electron chi connectivity index (χ2n) is 6.13. The number of hydrogen-bond acceptors (Lipinski definition) is 5. The van der Waals surface area contributed by atoms with Crippen LogP contribution in [0.3, 0.4) is 0 Å². The van der Waals surface area contributed by atoms with Crippen LogP contribution in [0.25, 0.3) is 0 Å². The summed E-state index contributed by atoms with van der Waals surface area (Å²) in [6.07, 6.45) is 0.488. The van der Waals surface area contributed by atoms with Crippen LogP contribution in [-0.2, 0) is 5.41 Å². The van der Waals surface area contributed by atoms with E-state index in [2.05, 4.69) is 55.9 Å². The molecule has 1 N–H and O–H groups in total. The summed E-state index contributed by atoms with van der Waals surface area (Å²) >= 11 is 0. The van der Waals surface area contributed by atoms with Crippen LogP contribution in [0.15, 0.2) is 6.07 Å². The lowest BCUT2D eigenvalue weighted by molar-refractivity contribution is 0.542. The van der Waals surface area contributed by atoms with Crippen LogP contribution in [0.5, 0.6) is 0 Å². The molecule has 0 aliphatic rings. The van der Waals surface area contributed by atoms with Crippen LogP contribution in [0.4, 0.5) is 11.6 Å². The normalized spacial score (nSPS) is 11.3. The van der Waals surface area contributed by atoms with Crippen molar-refractivity contribution in [1.29, 1.82) is 5.26 Å². The van der Waals surface area contributed by atoms with Gasteiger partial charge in [0.05, 0.1) is 12.5 Å². The number of aromatic nitrogens is 2. The fourth-order valence-electron chi connectivity index (χ4n) is 1.85. The summed E-state index contributed by atoms with van der Waals surface area (Å²) in [7, 11) is 1.85. The van der Waals surface area contributed by atoms with Crippen molar-refractivity contribution in [1.82, 2.24) is 9.97 Å². The molecule has 5 nitrogen and oxygen atoms in total. The standard InChI is InChI=1S/C15H25N5/c1-11(2)20(9-7-8-16)13-10-12(17-6)18-14(19-13)15(3,4)5/h10-11H,7,9H2,1-6H3,(H,17,18,19). The zero-order valence-electron chi connectivity index (χ0n) is 13.4. The van der Waals surface area contributed by atoms with Gasteiger partial charge in [0, 0.05) is 31.1 Å². The third-order valence-corrected chi connectivity index (χ3v) is 3.02. The molecule has 0 fully saturated rings. The molecule has 1 aromatic rings. The van der Waals surface area contributed by atoms with Gasteiger partial charge in [-0.05, 0) is 13.8 Å². The number of anilines is 2. The SMILES string of the molecule is CNc1cc(N(CCC#N)C(C)C)nc(C(C)(C)C)n1. The highest BCUT2D eigenvalue weighted by atomic mass is 15.2. The quantitative estimate of drug-likeness (QED) is 0.895. The monoisotopic (exact) mass is 275 g/mol. The van der Waals surface area contributed by atoms with Crippen LogP contribution in [0, 0.1) is 11.3 Å². The lowest BCUT2D eigenvalue weighted by Crippen LogP contribution is -2.33. The Morgan fingerprint density at radius 1 is 1.35 bits per heavy atom. The van der Waals surface area contributed by atoms with Crippen LogP contribution < -0.4 is 10.2 Å². The predicted molar refractivity (Wildman–Crippen MR) is 83.0 cm³/mol. The Morgan fingerprint density at radius 2 is 2.00 bits per heavy atom. The maximum Gasteiger partial charge on any atom is 0.138 e. The highest BCUT2D eigenvalue weighted by molar-refractivity contribution is 5.50. The largest absolute Gasteiger partial charge is 0.373 e. The molecule has 0 amide bonds. The number of nitrogens with one attached hydrogen (secondary N) is 1. The summed E-state index contributed by atoms with van der Waals surface area (Å²) in [5.41, 5.74) is -0.112. The molecule has 1 rings (SSSR count). The van der Waals surface area contributed by atoms with E-state index < -0.39 is 0 Å². The molecule has 0 bridgehead atoms. The van der Waals surface area contributed by atoms with Gasteiger partial charge in [-0.15, -0.1) is 0 Å². The number of nitriles is 1. The smallest absolute Gasteiger partial charge is 0.138 e. The van der Waals surface area contributed by atoms with Crippen molar-refractivity contribution >= 4 is 11.6 Å². The van der Waals surface area contributed by atoms with Gasteiger partial charge in [0.2, 0.25) is 0 Å². The highest BCUT2D eigenvalue weighted by Crippen LogP contribution is 2.25. The van der Waals surface area contributed by atoms with Crippen molar-refractivity contribution in [2.45, 2.75) is 52.5 Å². The zero-order valence-corrected chi connectivity index (χ0v) is 13.4. The first kappa shape index (κ1) is 16.2. The first-order valence-corrected chi connectivity index (χ1v) is 7.00. The lowest BCUT2D eigenvalue weighted by Gasteiger charge is -2.29. The van der Waals surface area contributed by atoms with E-state index in [1.807, 2.05) is 13.1 Å². The van der Waals surface area contributed by atoms with E-state index in [1.54, 1.807) is 0 Å². The van der Waals surface area contributed by atoms with E-state index in [0.29, 0.717) is 13.0 Å². The molecule has 5 heteroatoms. The predicted octanol–water partition coefficient (Wildman–Crippen LogP) is 2.94. The molecular weight excluding hydrogens is 250 g/mol. The highest BCUT2D eigenvalue weighted by Gasteiger charge is 2.21. The van der Waals surface area contributed by atoms with Crippen molar-refractivity contribution in [3.8, 4) is 6.07 Å². The van der Waals surface area contributed by atoms with Crippen LogP contribution in [0.2, 0.25) is 0 Å². The molecule has 0 aliphatic carbocycles. The fourth-order valence-corrected chi connectivity index (χ4v) is 1.85. The van der Waals surface area contributed by atoms with E-state index in [9.17, 15) is 0 Å². The summed E-state index contributed by atoms with van der Waals surface area (Å²) in [5, 5.41) is 11.9. The lowest BCUT2D eigenvalue weighted by atomic mass is 9.95. The van der Waals surface area contributed by atoms with Gasteiger partial charge in [0.1, 0.15) is 17.5 Å². The average molecular weight is 275 g/mol. The van der Waals surface area contributed by atoms with Gasteiger partial charge in [-0.2, -0.15) is 5.26 Å². The van der Waals surface area contributed by atoms with Crippen LogP contribution >= 0.6 is 0 Å². The maximum atomic E-state index is 8.81. The molecule has 0 aliphatic heterocycles. The van der Waals surface area contributed by atoms with E-state index in [1.165, 1.54) is 0 Å². The molecule has 1 aromatic heterocycles. The van der Waals surface area contributed by atoms with Crippen molar-refractivity contribution in [3.05, 3.63) is 11.9 Å². The van der Waals surface area contributed by atoms with E-state index in [4.69, 9.17) is 10.2 Å². The first-order chi connectivity index (χ1) is 9.29. The van der Waals surface area contributed by atoms with Gasteiger partial charge in [0.25, 0.3) is 0 Å². The Balaban J connectivity index is 3.24. The van der Waals surface area contributed by atoms with Crippen LogP contribution in [0.1, 0.15) is 46.9 Å². The molecule has 0 atom stereocenters. The number of nitrogens with zero attached hydrogens (tertiary/aromatic N) is 4. The second-order valence-corrected chi connectivity index (χ2v) is 6.13. The summed E-state index contributed by atoms with van der Waals surface area (Å²) in [4.78, 5) is 11.4. The molecule has 0 saturated heterocycles. The molecule has 0 radical (unpaired) electrons. The molecule has 0 unspecified atom stereocenters. The molecule has 0 saturated carbocycles. The molecule has 20 heavy (non-hydrogen) atoms. The Bertz CT molecular complexity index is 482. The maximum absolute atomic E-state index is 8.81. The Morgan fingerprint density at radius 3 is 2.45 bits per heavy atom. The minimum Gasteiger partial charge on any atom is -0.373 e. The average Bonchev–Trinajstić information content (AvgIpc) is 2.37. The minimum atomic E-state index is -0.112. The van der Waals surface area contributed by atoms with Gasteiger partial charge in [-0.3, -0.25) is 0 Å². The summed E-state index contributed by atoms with van der Waals surface area (Å²) in [6.45, 7) is 11.2. The van der Waals surface area contributed by atoms with Gasteiger partial charge in [-0.1, -0.05) is 20.8 Å². The van der Waals surface area contributed by atoms with Gasteiger partial charge in [0.15, 0.2) is 0 Å². The van der Waals surface area contributed by atoms with Crippen molar-refractivity contribution in [3.63, 3.8) is 0 Å². The molecule has 110 valence electrons. The van der Waals surface area contributed by atoms with Crippen molar-refractivity contribution in [2.75, 3.05) is 23.8 Å². The topological polar surface area (TPSA) is 64.8 Å². The molecule has 0 spiro atoms. The molecule has 0 aromatic carbocycles. The van der Waals surface area contributed by atoms with Gasteiger partial charge in [-0.25, -0.2) is 9.97 Å². The Kier molecular flexibility index (Phi) is 5.32. The summed E-state index contributed by atoms with van der Waals surface area (Å²) < 4.78 is 0. The Labute approximate surface area is 122 Å². The van der Waals surface area contributed by atoms with E-state index in [-0.39, 0.29) is 11.5 Å². The molecular formula is C15H25N5. The Hall–Kier alpha value is -1.83. The zero-order chi connectivity index (χ0) is 15.3. The van der Waals surface area contributed by atoms with E-state index in [0.717, 1.165) is 17.5 Å². The van der Waals surface area contributed by atoms with Gasteiger partial charge < -0.3 is 10.2 Å². The van der Waals surface area contributed by atoms with E-state index >= 15 is 0 Å². The second kappa shape index (κ2) is 6.56. The third kappa shape index (κ3) is 4.09. The summed E-state index contributed by atoms with van der Waals surface area (Å²) in [6, 6.07) is 4.42. The number of rotatable bonds is 5. The third-order valence-electron chi connectivity index (χ3n) is 3.02. The minimum absolute atomic E-state index is 0.112. The molecule has 1 heterocycles. The first-order valence-electron chi connectivity index (χ1n) is 7.00. The van der Waals surface area contributed by atoms with Crippen molar-refractivity contribution in [2.24, 2.45) is 0 Å².